The summed E-state index contributed by atoms with van der Waals surface area (Å²) in [6.45, 7) is 13.7. The second-order valence-electron chi connectivity index (χ2n) is 6.61. The Bertz CT molecular complexity index is 542. The lowest BCUT2D eigenvalue weighted by Crippen LogP contribution is -2.45. The summed E-state index contributed by atoms with van der Waals surface area (Å²) in [6.07, 6.45) is 2.09. The summed E-state index contributed by atoms with van der Waals surface area (Å²) in [5.41, 5.74) is -0.213. The maximum atomic E-state index is 10.8. The van der Waals surface area contributed by atoms with Gasteiger partial charge < -0.3 is 20.2 Å². The number of nitrogens with zero attached hydrogens (tertiary/aromatic N) is 1. The molecule has 5 nitrogen and oxygen atoms in total. The van der Waals surface area contributed by atoms with Crippen LogP contribution in [0.15, 0.2) is 15.5 Å². The van der Waals surface area contributed by atoms with Gasteiger partial charge in [-0.25, -0.2) is 0 Å². The quantitative estimate of drug-likeness (QED) is 0.325. The summed E-state index contributed by atoms with van der Waals surface area (Å²) in [6, 6.07) is 1.89. The Morgan fingerprint density at radius 1 is 1.29 bits per heavy atom. The highest BCUT2D eigenvalue weighted by atomic mass is 127. The standard InChI is InChI=1S/C17H31N3O2S.HI/c1-8-18-15(19-10-16(4,5)23-7)20-11-17(6,21)14-9-12(2)22-13(14)3;/h9,21H,8,10-11H2,1-7H3,(H2,18,19,20);1H. The van der Waals surface area contributed by atoms with Gasteiger partial charge in [-0.2, -0.15) is 11.8 Å². The summed E-state index contributed by atoms with van der Waals surface area (Å²) >= 11 is 1.79. The molecule has 0 aliphatic rings. The first kappa shape index (κ1) is 23.6. The first-order valence-corrected chi connectivity index (χ1v) is 9.21. The summed E-state index contributed by atoms with van der Waals surface area (Å²) in [7, 11) is 0. The van der Waals surface area contributed by atoms with Gasteiger partial charge in [0.15, 0.2) is 5.96 Å². The molecule has 1 atom stereocenters. The van der Waals surface area contributed by atoms with E-state index in [2.05, 4.69) is 35.7 Å². The summed E-state index contributed by atoms with van der Waals surface area (Å²) in [5.74, 6) is 2.27. The topological polar surface area (TPSA) is 69.8 Å². The number of halogens is 1. The number of aliphatic imine (C=N–C) groups is 1. The summed E-state index contributed by atoms with van der Waals surface area (Å²) < 4.78 is 5.61. The third kappa shape index (κ3) is 7.23. The molecule has 0 fully saturated rings. The van der Waals surface area contributed by atoms with E-state index in [1.165, 1.54) is 0 Å². The smallest absolute Gasteiger partial charge is 0.191 e. The second kappa shape index (κ2) is 9.91. The van der Waals surface area contributed by atoms with Gasteiger partial charge in [-0.3, -0.25) is 4.99 Å². The van der Waals surface area contributed by atoms with Crippen molar-refractivity contribution < 1.29 is 9.52 Å². The fraction of sp³-hybridized carbons (Fsp3) is 0.706. The van der Waals surface area contributed by atoms with Crippen molar-refractivity contribution in [2.75, 3.05) is 25.9 Å². The van der Waals surface area contributed by atoms with Gasteiger partial charge in [0.05, 0.1) is 13.1 Å². The van der Waals surface area contributed by atoms with Crippen LogP contribution in [0.5, 0.6) is 0 Å². The van der Waals surface area contributed by atoms with Crippen molar-refractivity contribution in [3.8, 4) is 0 Å². The highest BCUT2D eigenvalue weighted by Crippen LogP contribution is 2.26. The van der Waals surface area contributed by atoms with Gasteiger partial charge in [0, 0.05) is 16.9 Å². The number of hydrogen-bond donors (Lipinski definition) is 3. The number of aliphatic hydroxyl groups is 1. The lowest BCUT2D eigenvalue weighted by Gasteiger charge is -2.25. The Kier molecular flexibility index (Phi) is 9.74. The van der Waals surface area contributed by atoms with Crippen LogP contribution in [-0.2, 0) is 5.60 Å². The van der Waals surface area contributed by atoms with E-state index in [4.69, 9.17) is 4.42 Å². The first-order valence-electron chi connectivity index (χ1n) is 7.98. The number of aryl methyl sites for hydroxylation is 2. The van der Waals surface area contributed by atoms with E-state index in [1.54, 1.807) is 18.7 Å². The van der Waals surface area contributed by atoms with Gasteiger partial charge >= 0.3 is 0 Å². The van der Waals surface area contributed by atoms with Gasteiger partial charge in [-0.15, -0.1) is 24.0 Å². The zero-order valence-corrected chi connectivity index (χ0v) is 19.0. The lowest BCUT2D eigenvalue weighted by molar-refractivity contribution is 0.0602. The van der Waals surface area contributed by atoms with Gasteiger partial charge in [-0.1, -0.05) is 0 Å². The second-order valence-corrected chi connectivity index (χ2v) is 8.13. The molecular weight excluding hydrogens is 437 g/mol. The third-order valence-electron chi connectivity index (χ3n) is 3.74. The monoisotopic (exact) mass is 469 g/mol. The Morgan fingerprint density at radius 3 is 2.38 bits per heavy atom. The van der Waals surface area contributed by atoms with Crippen molar-refractivity contribution in [1.29, 1.82) is 0 Å². The van der Waals surface area contributed by atoms with Crippen molar-refractivity contribution in [2.45, 2.75) is 51.9 Å². The van der Waals surface area contributed by atoms with Gasteiger partial charge in [0.2, 0.25) is 0 Å². The van der Waals surface area contributed by atoms with E-state index in [1.807, 2.05) is 26.8 Å². The molecule has 7 heteroatoms. The zero-order chi connectivity index (χ0) is 17.7. The van der Waals surface area contributed by atoms with Crippen LogP contribution in [0.25, 0.3) is 0 Å². The van der Waals surface area contributed by atoms with E-state index in [0.29, 0.717) is 19.0 Å². The Labute approximate surface area is 167 Å². The number of guanidine groups is 1. The molecule has 1 rings (SSSR count). The SMILES string of the molecule is CCNC(=NCC(C)(C)SC)NCC(C)(O)c1cc(C)oc1C.I. The van der Waals surface area contributed by atoms with E-state index in [-0.39, 0.29) is 28.7 Å². The molecule has 0 aliphatic heterocycles. The molecule has 0 radical (unpaired) electrons. The molecule has 0 spiro atoms. The summed E-state index contributed by atoms with van der Waals surface area (Å²) in [5, 5.41) is 17.2. The summed E-state index contributed by atoms with van der Waals surface area (Å²) in [4.78, 5) is 4.62. The fourth-order valence-electron chi connectivity index (χ4n) is 2.19. The maximum Gasteiger partial charge on any atom is 0.191 e. The molecule has 1 aromatic rings. The predicted octanol–water partition coefficient (Wildman–Crippen LogP) is 3.42. The predicted molar refractivity (Wildman–Crippen MR) is 115 cm³/mol. The molecule has 0 aromatic carbocycles. The largest absolute Gasteiger partial charge is 0.466 e. The van der Waals surface area contributed by atoms with Crippen LogP contribution < -0.4 is 10.6 Å². The van der Waals surface area contributed by atoms with Crippen molar-refractivity contribution >= 4 is 41.7 Å². The van der Waals surface area contributed by atoms with Crippen molar-refractivity contribution in [3.63, 3.8) is 0 Å². The molecule has 1 unspecified atom stereocenters. The average Bonchev–Trinajstić information content (AvgIpc) is 2.82. The molecular formula is C17H32IN3O2S. The van der Waals surface area contributed by atoms with Crippen LogP contribution in [0.4, 0.5) is 0 Å². The normalized spacial score (nSPS) is 14.8. The number of furan rings is 1. The highest BCUT2D eigenvalue weighted by molar-refractivity contribution is 14.0. The highest BCUT2D eigenvalue weighted by Gasteiger charge is 2.28. The molecule has 0 amide bonds. The minimum atomic E-state index is -1.02. The Morgan fingerprint density at radius 2 is 1.92 bits per heavy atom. The average molecular weight is 469 g/mol. The maximum absolute atomic E-state index is 10.8. The number of hydrogen-bond acceptors (Lipinski definition) is 4. The number of nitrogens with one attached hydrogen (secondary N) is 2. The number of rotatable bonds is 7. The van der Waals surface area contributed by atoms with E-state index in [9.17, 15) is 5.11 Å². The third-order valence-corrected chi connectivity index (χ3v) is 4.97. The molecule has 1 heterocycles. The molecule has 3 N–H and O–H groups in total. The van der Waals surface area contributed by atoms with Crippen LogP contribution in [0.3, 0.4) is 0 Å². The van der Waals surface area contributed by atoms with Crippen molar-refractivity contribution in [3.05, 3.63) is 23.2 Å². The molecule has 24 heavy (non-hydrogen) atoms. The molecule has 0 saturated heterocycles. The number of thioether (sulfide) groups is 1. The molecule has 0 saturated carbocycles. The van der Waals surface area contributed by atoms with E-state index in [0.717, 1.165) is 23.6 Å². The lowest BCUT2D eigenvalue weighted by atomic mass is 9.96. The molecule has 0 aliphatic carbocycles. The van der Waals surface area contributed by atoms with E-state index >= 15 is 0 Å². The zero-order valence-electron chi connectivity index (χ0n) is 15.8. The van der Waals surface area contributed by atoms with Crippen LogP contribution in [0, 0.1) is 13.8 Å². The minimum absolute atomic E-state index is 0. The van der Waals surface area contributed by atoms with Crippen LogP contribution in [-0.4, -0.2) is 41.7 Å². The van der Waals surface area contributed by atoms with Crippen LogP contribution in [0.1, 0.15) is 44.8 Å². The van der Waals surface area contributed by atoms with Crippen LogP contribution >= 0.6 is 35.7 Å². The van der Waals surface area contributed by atoms with Gasteiger partial charge in [-0.05, 0) is 53.9 Å². The Hall–Kier alpha value is -0.410. The molecule has 140 valence electrons. The Balaban J connectivity index is 0.00000529. The van der Waals surface area contributed by atoms with Crippen molar-refractivity contribution in [1.82, 2.24) is 10.6 Å². The van der Waals surface area contributed by atoms with Gasteiger partial charge in [0.25, 0.3) is 0 Å². The van der Waals surface area contributed by atoms with Crippen molar-refractivity contribution in [2.24, 2.45) is 4.99 Å². The van der Waals surface area contributed by atoms with Crippen LogP contribution in [0.2, 0.25) is 0 Å². The van der Waals surface area contributed by atoms with Gasteiger partial charge in [0.1, 0.15) is 17.1 Å². The fourth-order valence-corrected chi connectivity index (χ4v) is 2.39. The first-order chi connectivity index (χ1) is 10.6. The molecule has 0 bridgehead atoms. The molecule has 1 aromatic heterocycles. The van der Waals surface area contributed by atoms with E-state index < -0.39 is 5.60 Å². The minimum Gasteiger partial charge on any atom is -0.466 e.